The summed E-state index contributed by atoms with van der Waals surface area (Å²) < 4.78 is 5.07. The van der Waals surface area contributed by atoms with Gasteiger partial charge in [-0.25, -0.2) is 9.59 Å². The van der Waals surface area contributed by atoms with Crippen LogP contribution in [0.1, 0.15) is 33.6 Å². The second-order valence-corrected chi connectivity index (χ2v) is 4.54. The fourth-order valence-corrected chi connectivity index (χ4v) is 1.17. The zero-order valence-corrected chi connectivity index (χ0v) is 9.24. The summed E-state index contributed by atoms with van der Waals surface area (Å²) in [6.07, 6.45) is 1.05. The van der Waals surface area contributed by atoms with E-state index >= 15 is 0 Å². The molecule has 0 aliphatic heterocycles. The highest BCUT2D eigenvalue weighted by Crippen LogP contribution is 2.38. The molecule has 5 heteroatoms. The molecule has 0 radical (unpaired) electrons. The van der Waals surface area contributed by atoms with Gasteiger partial charge < -0.3 is 15.2 Å². The quantitative estimate of drug-likeness (QED) is 0.742. The molecule has 1 saturated carbocycles. The van der Waals surface area contributed by atoms with Gasteiger partial charge in [0.2, 0.25) is 0 Å². The van der Waals surface area contributed by atoms with Crippen molar-refractivity contribution in [3.8, 4) is 0 Å². The Balaban J connectivity index is 2.44. The molecule has 2 N–H and O–H groups in total. The number of nitrogens with one attached hydrogen (secondary N) is 1. The van der Waals surface area contributed by atoms with E-state index in [1.807, 2.05) is 6.92 Å². The Morgan fingerprint density at radius 3 is 2.27 bits per heavy atom. The first-order valence-corrected chi connectivity index (χ1v) is 5.06. The summed E-state index contributed by atoms with van der Waals surface area (Å²) in [5, 5.41) is 11.2. The van der Waals surface area contributed by atoms with Crippen molar-refractivity contribution >= 4 is 12.1 Å². The minimum Gasteiger partial charge on any atom is -0.480 e. The van der Waals surface area contributed by atoms with E-state index in [-0.39, 0.29) is 11.5 Å². The summed E-state index contributed by atoms with van der Waals surface area (Å²) >= 11 is 0. The largest absolute Gasteiger partial charge is 0.480 e. The van der Waals surface area contributed by atoms with Crippen molar-refractivity contribution in [1.82, 2.24) is 5.32 Å². The number of carbonyl (C=O) groups excluding carboxylic acids is 1. The topological polar surface area (TPSA) is 75.6 Å². The minimum absolute atomic E-state index is 0.165. The van der Waals surface area contributed by atoms with Crippen LogP contribution in [0.3, 0.4) is 0 Å². The Hall–Kier alpha value is -1.26. The van der Waals surface area contributed by atoms with Crippen LogP contribution in [0.15, 0.2) is 0 Å². The number of aliphatic carboxylic acids is 1. The van der Waals surface area contributed by atoms with E-state index in [2.05, 4.69) is 5.32 Å². The van der Waals surface area contributed by atoms with Crippen LogP contribution >= 0.6 is 0 Å². The molecule has 0 bridgehead atoms. The zero-order valence-electron chi connectivity index (χ0n) is 9.24. The van der Waals surface area contributed by atoms with Gasteiger partial charge in [0.15, 0.2) is 0 Å². The maximum Gasteiger partial charge on any atom is 0.408 e. The van der Waals surface area contributed by atoms with Gasteiger partial charge in [-0.3, -0.25) is 0 Å². The number of ether oxygens (including phenoxy) is 1. The third-order valence-electron chi connectivity index (χ3n) is 2.50. The predicted octanol–water partition coefficient (Wildman–Crippen LogP) is 1.37. The first kappa shape index (κ1) is 11.8. The molecule has 0 heterocycles. The van der Waals surface area contributed by atoms with Crippen LogP contribution in [0.25, 0.3) is 0 Å². The van der Waals surface area contributed by atoms with Gasteiger partial charge in [0.1, 0.15) is 11.6 Å². The highest BCUT2D eigenvalue weighted by molar-refractivity contribution is 5.80. The van der Waals surface area contributed by atoms with Gasteiger partial charge in [-0.15, -0.1) is 0 Å². The lowest BCUT2D eigenvalue weighted by Gasteiger charge is -2.19. The third kappa shape index (κ3) is 3.42. The molecule has 1 fully saturated rings. The van der Waals surface area contributed by atoms with Crippen molar-refractivity contribution in [3.05, 3.63) is 0 Å². The molecule has 0 spiro atoms. The van der Waals surface area contributed by atoms with Crippen LogP contribution < -0.4 is 5.32 Å². The Morgan fingerprint density at radius 2 is 1.93 bits per heavy atom. The van der Waals surface area contributed by atoms with Gasteiger partial charge in [-0.2, -0.15) is 0 Å². The summed E-state index contributed by atoms with van der Waals surface area (Å²) in [6, 6.07) is -0.889. The molecule has 0 aromatic rings. The van der Waals surface area contributed by atoms with E-state index in [4.69, 9.17) is 9.84 Å². The van der Waals surface area contributed by atoms with Crippen molar-refractivity contribution in [2.75, 3.05) is 0 Å². The maximum atomic E-state index is 11.3. The van der Waals surface area contributed by atoms with Crippen LogP contribution in [0.5, 0.6) is 0 Å². The maximum absolute atomic E-state index is 11.3. The Morgan fingerprint density at radius 1 is 1.40 bits per heavy atom. The summed E-state index contributed by atoms with van der Waals surface area (Å²) in [5.41, 5.74) is -0.371. The first-order chi connectivity index (χ1) is 6.84. The molecule has 1 atom stereocenters. The van der Waals surface area contributed by atoms with Gasteiger partial charge in [0.25, 0.3) is 0 Å². The lowest BCUT2D eigenvalue weighted by Crippen LogP contribution is -2.45. The minimum atomic E-state index is -1.04. The first-order valence-electron chi connectivity index (χ1n) is 5.06. The average molecular weight is 215 g/mol. The molecule has 0 aromatic carbocycles. The van der Waals surface area contributed by atoms with E-state index in [9.17, 15) is 9.59 Å². The number of carboxylic acid groups (broad SMARTS) is 1. The Labute approximate surface area is 88.8 Å². The fourth-order valence-electron chi connectivity index (χ4n) is 1.17. The molecular weight excluding hydrogens is 198 g/mol. The molecular formula is C10H17NO4. The molecule has 1 amide bonds. The number of hydrogen-bond donors (Lipinski definition) is 2. The lowest BCUT2D eigenvalue weighted by atomic mass is 10.1. The zero-order chi connectivity index (χ0) is 11.6. The molecule has 0 aromatic heterocycles. The highest BCUT2D eigenvalue weighted by Gasteiger charge is 2.42. The number of carboxylic acids is 1. The number of rotatable bonds is 4. The van der Waals surface area contributed by atoms with E-state index in [1.165, 1.54) is 0 Å². The van der Waals surface area contributed by atoms with Crippen molar-refractivity contribution in [3.63, 3.8) is 0 Å². The SMILES string of the molecule is CC(C)[C@H](NC(=O)OC1(C)CC1)C(=O)O. The monoisotopic (exact) mass is 215 g/mol. The van der Waals surface area contributed by atoms with Crippen LogP contribution in [0, 0.1) is 5.92 Å². The lowest BCUT2D eigenvalue weighted by molar-refractivity contribution is -0.140. The van der Waals surface area contributed by atoms with E-state index in [0.29, 0.717) is 0 Å². The molecule has 0 unspecified atom stereocenters. The van der Waals surface area contributed by atoms with Crippen LogP contribution in [-0.2, 0) is 9.53 Å². The molecule has 86 valence electrons. The van der Waals surface area contributed by atoms with Crippen molar-refractivity contribution in [1.29, 1.82) is 0 Å². The standard InChI is InChI=1S/C10H17NO4/c1-6(2)7(8(12)13)11-9(14)15-10(3)4-5-10/h6-7H,4-5H2,1-3H3,(H,11,14)(H,12,13)/t7-/m0/s1. The van der Waals surface area contributed by atoms with Crippen LogP contribution in [-0.4, -0.2) is 28.8 Å². The number of hydrogen-bond acceptors (Lipinski definition) is 3. The smallest absolute Gasteiger partial charge is 0.408 e. The van der Waals surface area contributed by atoms with Crippen LogP contribution in [0.2, 0.25) is 0 Å². The Kier molecular flexibility index (Phi) is 3.21. The summed E-state index contributed by atoms with van der Waals surface area (Å²) in [7, 11) is 0. The van der Waals surface area contributed by atoms with Gasteiger partial charge >= 0.3 is 12.1 Å². The molecule has 0 saturated heterocycles. The summed E-state index contributed by atoms with van der Waals surface area (Å²) in [5.74, 6) is -1.20. The number of carbonyl (C=O) groups is 2. The van der Waals surface area contributed by atoms with Gasteiger partial charge in [-0.1, -0.05) is 13.8 Å². The predicted molar refractivity (Wildman–Crippen MR) is 53.5 cm³/mol. The molecule has 15 heavy (non-hydrogen) atoms. The summed E-state index contributed by atoms with van der Waals surface area (Å²) in [4.78, 5) is 22.1. The molecule has 5 nitrogen and oxygen atoms in total. The van der Waals surface area contributed by atoms with E-state index in [1.54, 1.807) is 13.8 Å². The van der Waals surface area contributed by atoms with Crippen molar-refractivity contribution < 1.29 is 19.4 Å². The fraction of sp³-hybridized carbons (Fsp3) is 0.800. The van der Waals surface area contributed by atoms with Gasteiger partial charge in [-0.05, 0) is 25.7 Å². The highest BCUT2D eigenvalue weighted by atomic mass is 16.6. The van der Waals surface area contributed by atoms with Crippen LogP contribution in [0.4, 0.5) is 4.79 Å². The van der Waals surface area contributed by atoms with E-state index in [0.717, 1.165) is 12.8 Å². The third-order valence-corrected chi connectivity index (χ3v) is 2.50. The number of alkyl carbamates (subject to hydrolysis) is 1. The molecule has 1 rings (SSSR count). The molecule has 1 aliphatic carbocycles. The van der Waals surface area contributed by atoms with Crippen molar-refractivity contribution in [2.45, 2.75) is 45.3 Å². The Bertz CT molecular complexity index is 271. The number of amides is 1. The summed E-state index contributed by atoms with van der Waals surface area (Å²) in [6.45, 7) is 5.30. The second-order valence-electron chi connectivity index (χ2n) is 4.54. The average Bonchev–Trinajstić information content (AvgIpc) is 2.78. The van der Waals surface area contributed by atoms with Gasteiger partial charge in [0.05, 0.1) is 0 Å². The normalized spacial score (nSPS) is 19.5. The van der Waals surface area contributed by atoms with Crippen molar-refractivity contribution in [2.24, 2.45) is 5.92 Å². The molecule has 1 aliphatic rings. The van der Waals surface area contributed by atoms with Gasteiger partial charge in [0, 0.05) is 0 Å². The second kappa shape index (κ2) is 4.08. The van der Waals surface area contributed by atoms with E-state index < -0.39 is 18.1 Å².